The summed E-state index contributed by atoms with van der Waals surface area (Å²) in [5.74, 6) is -3.12. The molecule has 2 N–H and O–H groups in total. The average molecular weight is 321 g/mol. The predicted octanol–water partition coefficient (Wildman–Crippen LogP) is 2.96. The molecule has 0 spiro atoms. The van der Waals surface area contributed by atoms with Crippen LogP contribution in [-0.2, 0) is 9.53 Å². The number of carbonyl (C=O) groups is 2. The highest BCUT2D eigenvalue weighted by Crippen LogP contribution is 2.47. The van der Waals surface area contributed by atoms with Crippen LogP contribution in [0.2, 0.25) is 0 Å². The molecule has 0 radical (unpaired) electrons. The molecule has 0 saturated heterocycles. The highest BCUT2D eigenvalue weighted by Gasteiger charge is 2.45. The maximum absolute atomic E-state index is 12.5. The molecule has 4 nitrogen and oxygen atoms in total. The minimum absolute atomic E-state index is 0.0266. The van der Waals surface area contributed by atoms with Crippen LogP contribution in [0, 0.1) is 0 Å². The number of carbonyl (C=O) groups excluding carboxylic acids is 2. The van der Waals surface area contributed by atoms with Crippen molar-refractivity contribution in [3.63, 3.8) is 0 Å². The topological polar surface area (TPSA) is 69.4 Å². The van der Waals surface area contributed by atoms with Gasteiger partial charge < -0.3 is 10.5 Å². The summed E-state index contributed by atoms with van der Waals surface area (Å²) in [4.78, 5) is 22.9. The van der Waals surface area contributed by atoms with Crippen molar-refractivity contribution in [2.45, 2.75) is 12.3 Å². The third-order valence-electron chi connectivity index (χ3n) is 3.62. The molecule has 1 amide bonds. The summed E-state index contributed by atoms with van der Waals surface area (Å²) >= 11 is 0. The van der Waals surface area contributed by atoms with Gasteiger partial charge in [0.25, 0.3) is 0 Å². The Labute approximate surface area is 128 Å². The molecule has 1 aliphatic rings. The van der Waals surface area contributed by atoms with Crippen LogP contribution in [0.15, 0.2) is 42.5 Å². The van der Waals surface area contributed by atoms with Crippen LogP contribution in [0.4, 0.5) is 13.2 Å². The van der Waals surface area contributed by atoms with Gasteiger partial charge in [-0.2, -0.15) is 13.2 Å². The van der Waals surface area contributed by atoms with Gasteiger partial charge >= 0.3 is 12.1 Å². The van der Waals surface area contributed by atoms with E-state index >= 15 is 0 Å². The normalized spacial score (nSPS) is 15.7. The van der Waals surface area contributed by atoms with E-state index in [2.05, 4.69) is 4.74 Å². The Hall–Kier alpha value is -2.83. The first-order valence-electron chi connectivity index (χ1n) is 6.60. The molecule has 2 aromatic rings. The van der Waals surface area contributed by atoms with Gasteiger partial charge in [0, 0.05) is 16.7 Å². The third kappa shape index (κ3) is 2.44. The van der Waals surface area contributed by atoms with E-state index in [1.165, 1.54) is 6.07 Å². The standard InChI is InChI=1S/C16H10F3NO3/c17-16(18,19)15(22)23-13-10-5-2-1-4-8(10)9-6-3-7-11(12(9)13)14(20)21/h1-7,13H,(H2,20,21). The van der Waals surface area contributed by atoms with Crippen molar-refractivity contribution in [1.29, 1.82) is 0 Å². The van der Waals surface area contributed by atoms with Crippen molar-refractivity contribution in [3.05, 3.63) is 59.2 Å². The monoisotopic (exact) mass is 321 g/mol. The molecule has 0 aliphatic heterocycles. The summed E-state index contributed by atoms with van der Waals surface area (Å²) < 4.78 is 42.3. The lowest BCUT2D eigenvalue weighted by Gasteiger charge is -2.17. The predicted molar refractivity (Wildman–Crippen MR) is 74.4 cm³/mol. The van der Waals surface area contributed by atoms with Crippen LogP contribution >= 0.6 is 0 Å². The quantitative estimate of drug-likeness (QED) is 0.865. The lowest BCUT2D eigenvalue weighted by molar-refractivity contribution is -0.203. The van der Waals surface area contributed by atoms with Crippen LogP contribution in [0.25, 0.3) is 11.1 Å². The molecule has 0 heterocycles. The first-order chi connectivity index (χ1) is 10.8. The first kappa shape index (κ1) is 15.1. The van der Waals surface area contributed by atoms with E-state index in [9.17, 15) is 22.8 Å². The summed E-state index contributed by atoms with van der Waals surface area (Å²) in [6.45, 7) is 0. The van der Waals surface area contributed by atoms with Gasteiger partial charge in [-0.3, -0.25) is 4.79 Å². The molecule has 0 saturated carbocycles. The van der Waals surface area contributed by atoms with Crippen molar-refractivity contribution < 1.29 is 27.5 Å². The van der Waals surface area contributed by atoms with Gasteiger partial charge in [-0.05, 0) is 17.2 Å². The van der Waals surface area contributed by atoms with Crippen molar-refractivity contribution in [1.82, 2.24) is 0 Å². The summed E-state index contributed by atoms with van der Waals surface area (Å²) in [5.41, 5.74) is 7.02. The Balaban J connectivity index is 2.17. The Morgan fingerprint density at radius 3 is 2.30 bits per heavy atom. The van der Waals surface area contributed by atoms with Crippen LogP contribution in [-0.4, -0.2) is 18.1 Å². The average Bonchev–Trinajstić information content (AvgIpc) is 2.81. The minimum atomic E-state index is -5.13. The van der Waals surface area contributed by atoms with E-state index in [0.717, 1.165) is 0 Å². The minimum Gasteiger partial charge on any atom is -0.446 e. The number of hydrogen-bond donors (Lipinski definition) is 1. The van der Waals surface area contributed by atoms with Gasteiger partial charge in [-0.15, -0.1) is 0 Å². The van der Waals surface area contributed by atoms with Crippen molar-refractivity contribution >= 4 is 11.9 Å². The summed E-state index contributed by atoms with van der Waals surface area (Å²) in [6, 6.07) is 11.2. The third-order valence-corrected chi connectivity index (χ3v) is 3.62. The highest BCUT2D eigenvalue weighted by molar-refractivity contribution is 5.98. The molecule has 1 unspecified atom stereocenters. The highest BCUT2D eigenvalue weighted by atomic mass is 19.4. The largest absolute Gasteiger partial charge is 0.490 e. The van der Waals surface area contributed by atoms with Gasteiger partial charge in [-0.25, -0.2) is 4.79 Å². The zero-order valence-corrected chi connectivity index (χ0v) is 11.6. The fraction of sp³-hybridized carbons (Fsp3) is 0.125. The Morgan fingerprint density at radius 1 is 1.00 bits per heavy atom. The fourth-order valence-electron chi connectivity index (χ4n) is 2.72. The Kier molecular flexibility index (Phi) is 3.35. The second-order valence-corrected chi connectivity index (χ2v) is 5.00. The van der Waals surface area contributed by atoms with Crippen LogP contribution in [0.5, 0.6) is 0 Å². The number of hydrogen-bond acceptors (Lipinski definition) is 3. The molecular formula is C16H10F3NO3. The van der Waals surface area contributed by atoms with E-state index in [-0.39, 0.29) is 11.1 Å². The fourth-order valence-corrected chi connectivity index (χ4v) is 2.72. The Morgan fingerprint density at radius 2 is 1.65 bits per heavy atom. The second kappa shape index (κ2) is 5.12. The number of nitrogens with two attached hydrogens (primary N) is 1. The number of fused-ring (bicyclic) bond motifs is 3. The van der Waals surface area contributed by atoms with Crippen molar-refractivity contribution in [3.8, 4) is 11.1 Å². The lowest BCUT2D eigenvalue weighted by atomic mass is 10.00. The number of esters is 1. The summed E-state index contributed by atoms with van der Waals surface area (Å²) in [5, 5.41) is 0. The van der Waals surface area contributed by atoms with Crippen LogP contribution in [0.3, 0.4) is 0 Å². The molecule has 0 fully saturated rings. The van der Waals surface area contributed by atoms with Crippen LogP contribution < -0.4 is 5.73 Å². The molecule has 1 atom stereocenters. The SMILES string of the molecule is NC(=O)c1cccc2c1C(OC(=O)C(F)(F)F)c1ccccc1-2. The maximum atomic E-state index is 12.5. The Bertz CT molecular complexity index is 814. The van der Waals surface area contributed by atoms with Gasteiger partial charge in [0.2, 0.25) is 5.91 Å². The number of halogens is 3. The number of primary amides is 1. The van der Waals surface area contributed by atoms with E-state index < -0.39 is 24.2 Å². The van der Waals surface area contributed by atoms with E-state index in [0.29, 0.717) is 16.7 Å². The maximum Gasteiger partial charge on any atom is 0.490 e. The lowest BCUT2D eigenvalue weighted by Crippen LogP contribution is -2.27. The molecule has 118 valence electrons. The number of alkyl halides is 3. The van der Waals surface area contributed by atoms with Crippen molar-refractivity contribution in [2.75, 3.05) is 0 Å². The molecule has 23 heavy (non-hydrogen) atoms. The molecule has 2 aromatic carbocycles. The van der Waals surface area contributed by atoms with Gasteiger partial charge in [0.15, 0.2) is 6.10 Å². The van der Waals surface area contributed by atoms with Crippen LogP contribution in [0.1, 0.15) is 27.6 Å². The molecule has 0 bridgehead atoms. The zero-order chi connectivity index (χ0) is 16.8. The van der Waals surface area contributed by atoms with Gasteiger partial charge in [0.1, 0.15) is 0 Å². The van der Waals surface area contributed by atoms with E-state index in [1.54, 1.807) is 36.4 Å². The first-order valence-corrected chi connectivity index (χ1v) is 6.60. The van der Waals surface area contributed by atoms with E-state index in [1.807, 2.05) is 0 Å². The second-order valence-electron chi connectivity index (χ2n) is 5.00. The molecule has 0 aromatic heterocycles. The number of benzene rings is 2. The number of amides is 1. The number of rotatable bonds is 2. The summed E-state index contributed by atoms with van der Waals surface area (Å²) in [6.07, 6.45) is -6.45. The van der Waals surface area contributed by atoms with E-state index in [4.69, 9.17) is 5.73 Å². The zero-order valence-electron chi connectivity index (χ0n) is 11.6. The van der Waals surface area contributed by atoms with Gasteiger partial charge in [-0.1, -0.05) is 36.4 Å². The molecule has 7 heteroatoms. The molecular weight excluding hydrogens is 311 g/mol. The van der Waals surface area contributed by atoms with Crippen molar-refractivity contribution in [2.24, 2.45) is 5.73 Å². The molecule has 3 rings (SSSR count). The number of ether oxygens (including phenoxy) is 1. The smallest absolute Gasteiger partial charge is 0.446 e. The molecule has 1 aliphatic carbocycles. The van der Waals surface area contributed by atoms with Gasteiger partial charge in [0.05, 0.1) is 0 Å². The summed E-state index contributed by atoms with van der Waals surface area (Å²) in [7, 11) is 0.